The van der Waals surface area contributed by atoms with Gasteiger partial charge in [0.25, 0.3) is 5.56 Å². The molecule has 4 nitrogen and oxygen atoms in total. The minimum Gasteiger partial charge on any atom is -0.489 e. The lowest BCUT2D eigenvalue weighted by molar-refractivity contribution is 0.306. The van der Waals surface area contributed by atoms with E-state index in [-0.39, 0.29) is 5.56 Å². The number of benzene rings is 2. The Morgan fingerprint density at radius 3 is 2.45 bits per heavy atom. The Labute approximate surface area is 170 Å². The van der Waals surface area contributed by atoms with Crippen LogP contribution in [0.3, 0.4) is 0 Å². The third-order valence-electron chi connectivity index (χ3n) is 4.90. The van der Waals surface area contributed by atoms with E-state index in [9.17, 15) is 4.79 Å². The van der Waals surface area contributed by atoms with Crippen LogP contribution < -0.4 is 20.7 Å². The van der Waals surface area contributed by atoms with Gasteiger partial charge in [-0.05, 0) is 54.0 Å². The van der Waals surface area contributed by atoms with E-state index in [4.69, 9.17) is 4.74 Å². The first-order chi connectivity index (χ1) is 14.0. The van der Waals surface area contributed by atoms with Crippen LogP contribution in [0.1, 0.15) is 23.7 Å². The molecule has 29 heavy (non-hydrogen) atoms. The summed E-state index contributed by atoms with van der Waals surface area (Å²) >= 11 is 0. The highest BCUT2D eigenvalue weighted by Crippen LogP contribution is 2.26. The molecule has 0 amide bonds. The third-order valence-corrected chi connectivity index (χ3v) is 4.90. The SMILES string of the molecule is C=c1cc[nH]c(=O)c1=C.CCc1[nH]c2ccc(OCc3ccccc3)cc2c1C. The highest BCUT2D eigenvalue weighted by Gasteiger charge is 2.07. The van der Waals surface area contributed by atoms with E-state index in [0.717, 1.165) is 12.2 Å². The van der Waals surface area contributed by atoms with E-state index in [1.165, 1.54) is 27.7 Å². The molecule has 0 saturated carbocycles. The fraction of sp³-hybridized carbons (Fsp3) is 0.160. The molecular formula is C25H26N2O2. The number of nitrogens with one attached hydrogen (secondary N) is 2. The summed E-state index contributed by atoms with van der Waals surface area (Å²) in [6.07, 6.45) is 2.58. The summed E-state index contributed by atoms with van der Waals surface area (Å²) in [6, 6.07) is 18.2. The van der Waals surface area contributed by atoms with E-state index < -0.39 is 0 Å². The molecule has 0 spiro atoms. The van der Waals surface area contributed by atoms with E-state index in [1.807, 2.05) is 24.3 Å². The number of hydrogen-bond donors (Lipinski definition) is 2. The van der Waals surface area contributed by atoms with Gasteiger partial charge in [-0.15, -0.1) is 0 Å². The molecule has 0 saturated heterocycles. The molecule has 4 heteroatoms. The Kier molecular flexibility index (Phi) is 6.35. The summed E-state index contributed by atoms with van der Waals surface area (Å²) in [6.45, 7) is 12.1. The Morgan fingerprint density at radius 1 is 1.03 bits per heavy atom. The van der Waals surface area contributed by atoms with Gasteiger partial charge >= 0.3 is 0 Å². The molecule has 0 unspecified atom stereocenters. The molecule has 2 N–H and O–H groups in total. The third kappa shape index (κ3) is 4.85. The molecule has 2 heterocycles. The number of aromatic nitrogens is 2. The van der Waals surface area contributed by atoms with E-state index in [0.29, 0.717) is 17.0 Å². The lowest BCUT2D eigenvalue weighted by atomic mass is 10.1. The van der Waals surface area contributed by atoms with Crippen LogP contribution >= 0.6 is 0 Å². The molecule has 0 bridgehead atoms. The largest absolute Gasteiger partial charge is 0.489 e. The average molecular weight is 386 g/mol. The second-order valence-electron chi connectivity index (χ2n) is 6.87. The van der Waals surface area contributed by atoms with Crippen molar-refractivity contribution in [1.82, 2.24) is 9.97 Å². The van der Waals surface area contributed by atoms with Crippen molar-refractivity contribution in [2.75, 3.05) is 0 Å². The molecule has 0 aliphatic carbocycles. The average Bonchev–Trinajstić information content (AvgIpc) is 3.07. The molecule has 0 radical (unpaired) electrons. The Balaban J connectivity index is 0.000000224. The molecule has 0 aliphatic heterocycles. The minimum atomic E-state index is -0.164. The molecular weight excluding hydrogens is 360 g/mol. The number of aromatic amines is 2. The number of ether oxygens (including phenoxy) is 1. The predicted molar refractivity (Wildman–Crippen MR) is 121 cm³/mol. The van der Waals surface area contributed by atoms with Crippen molar-refractivity contribution in [3.05, 3.63) is 98.4 Å². The van der Waals surface area contributed by atoms with Crippen molar-refractivity contribution < 1.29 is 4.74 Å². The monoisotopic (exact) mass is 386 g/mol. The van der Waals surface area contributed by atoms with Gasteiger partial charge in [-0.25, -0.2) is 0 Å². The molecule has 0 aliphatic rings. The van der Waals surface area contributed by atoms with Gasteiger partial charge < -0.3 is 14.7 Å². The van der Waals surface area contributed by atoms with Crippen molar-refractivity contribution >= 4 is 24.1 Å². The van der Waals surface area contributed by atoms with Crippen LogP contribution in [0.5, 0.6) is 5.75 Å². The number of aryl methyl sites for hydroxylation is 2. The molecule has 0 fully saturated rings. The maximum absolute atomic E-state index is 10.7. The smallest absolute Gasteiger partial charge is 0.255 e. The van der Waals surface area contributed by atoms with Crippen LogP contribution in [0.2, 0.25) is 0 Å². The highest BCUT2D eigenvalue weighted by molar-refractivity contribution is 5.85. The quantitative estimate of drug-likeness (QED) is 0.560. The fourth-order valence-corrected chi connectivity index (χ4v) is 3.10. The Hall–Kier alpha value is -3.53. The van der Waals surface area contributed by atoms with Crippen molar-refractivity contribution in [3.8, 4) is 5.75 Å². The van der Waals surface area contributed by atoms with Gasteiger partial charge in [0.05, 0.1) is 0 Å². The van der Waals surface area contributed by atoms with Crippen molar-refractivity contribution in [2.45, 2.75) is 26.9 Å². The lowest BCUT2D eigenvalue weighted by Gasteiger charge is -2.06. The maximum Gasteiger partial charge on any atom is 0.255 e. The Bertz CT molecular complexity index is 1220. The van der Waals surface area contributed by atoms with Crippen LogP contribution in [0.15, 0.2) is 65.6 Å². The number of rotatable bonds is 4. The van der Waals surface area contributed by atoms with E-state index >= 15 is 0 Å². The summed E-state index contributed by atoms with van der Waals surface area (Å²) in [5, 5.41) is 2.38. The van der Waals surface area contributed by atoms with Crippen molar-refractivity contribution in [1.29, 1.82) is 0 Å². The second kappa shape index (κ2) is 9.11. The van der Waals surface area contributed by atoms with Gasteiger partial charge in [0.1, 0.15) is 12.4 Å². The second-order valence-corrected chi connectivity index (χ2v) is 6.87. The van der Waals surface area contributed by atoms with Crippen molar-refractivity contribution in [2.24, 2.45) is 0 Å². The molecule has 148 valence electrons. The number of pyridine rings is 1. The van der Waals surface area contributed by atoms with Gasteiger partial charge in [-0.3, -0.25) is 4.79 Å². The zero-order valence-corrected chi connectivity index (χ0v) is 16.9. The standard InChI is InChI=1S/C18H19NO.C7H7NO/c1-3-17-13(2)16-11-15(9-10-18(16)19-17)20-12-14-7-5-4-6-8-14;1-5-3-4-8-7(9)6(5)2/h4-11,19H,3,12H2,1-2H3;3-4H,1-2H2,(H,8,9). The summed E-state index contributed by atoms with van der Waals surface area (Å²) in [7, 11) is 0. The normalized spacial score (nSPS) is 10.4. The first kappa shape index (κ1) is 20.2. The van der Waals surface area contributed by atoms with Crippen LogP contribution in [-0.2, 0) is 13.0 Å². The molecule has 2 aromatic heterocycles. The predicted octanol–water partition coefficient (Wildman–Crippen LogP) is 3.81. The van der Waals surface area contributed by atoms with Crippen molar-refractivity contribution in [3.63, 3.8) is 0 Å². The molecule has 2 aromatic carbocycles. The number of fused-ring (bicyclic) bond motifs is 1. The topological polar surface area (TPSA) is 57.9 Å². The van der Waals surface area contributed by atoms with E-state index in [2.05, 4.69) is 61.2 Å². The zero-order valence-electron chi connectivity index (χ0n) is 16.9. The van der Waals surface area contributed by atoms with Crippen LogP contribution in [0, 0.1) is 6.92 Å². The number of H-pyrrole nitrogens is 2. The first-order valence-electron chi connectivity index (χ1n) is 9.63. The van der Waals surface area contributed by atoms with Gasteiger partial charge in [0.2, 0.25) is 0 Å². The summed E-state index contributed by atoms with van der Waals surface area (Å²) in [5.41, 5.74) is 4.84. The van der Waals surface area contributed by atoms with Gasteiger partial charge in [0, 0.05) is 28.0 Å². The van der Waals surface area contributed by atoms with E-state index in [1.54, 1.807) is 12.3 Å². The fourth-order valence-electron chi connectivity index (χ4n) is 3.10. The minimum absolute atomic E-state index is 0.164. The van der Waals surface area contributed by atoms with Crippen LogP contribution in [0.25, 0.3) is 24.1 Å². The summed E-state index contributed by atoms with van der Waals surface area (Å²) in [4.78, 5) is 16.6. The maximum atomic E-state index is 10.7. The zero-order chi connectivity index (χ0) is 20.8. The highest BCUT2D eigenvalue weighted by atomic mass is 16.5. The van der Waals surface area contributed by atoms with Gasteiger partial charge in [-0.1, -0.05) is 50.4 Å². The summed E-state index contributed by atoms with van der Waals surface area (Å²) in [5.74, 6) is 0.922. The Morgan fingerprint density at radius 2 is 1.79 bits per heavy atom. The lowest BCUT2D eigenvalue weighted by Crippen LogP contribution is -2.37. The van der Waals surface area contributed by atoms with Crippen LogP contribution in [0.4, 0.5) is 0 Å². The summed E-state index contributed by atoms with van der Waals surface area (Å²) < 4.78 is 5.88. The number of hydrogen-bond acceptors (Lipinski definition) is 2. The first-order valence-corrected chi connectivity index (χ1v) is 9.63. The molecule has 0 atom stereocenters. The van der Waals surface area contributed by atoms with Gasteiger partial charge in [0.15, 0.2) is 0 Å². The molecule has 4 aromatic rings. The van der Waals surface area contributed by atoms with Crippen LogP contribution in [-0.4, -0.2) is 9.97 Å². The molecule has 4 rings (SSSR count). The van der Waals surface area contributed by atoms with Gasteiger partial charge in [-0.2, -0.15) is 0 Å².